The summed E-state index contributed by atoms with van der Waals surface area (Å²) >= 11 is 0. The van der Waals surface area contributed by atoms with Crippen molar-refractivity contribution in [1.82, 2.24) is 5.32 Å². The largest absolute Gasteiger partial charge is 0.370 e. The molecule has 0 amide bonds. The maximum atomic E-state index is 9.40. The highest BCUT2D eigenvalue weighted by atomic mass is 15.1. The Morgan fingerprint density at radius 1 is 1.25 bits per heavy atom. The third-order valence-corrected chi connectivity index (χ3v) is 3.20. The summed E-state index contributed by atoms with van der Waals surface area (Å²) in [5.41, 5.74) is 2.99. The summed E-state index contributed by atoms with van der Waals surface area (Å²) in [6.45, 7) is 13.5. The molecule has 0 bridgehead atoms. The van der Waals surface area contributed by atoms with Gasteiger partial charge in [0.1, 0.15) is 6.07 Å². The molecule has 0 atom stereocenters. The van der Waals surface area contributed by atoms with Gasteiger partial charge in [-0.1, -0.05) is 33.8 Å². The van der Waals surface area contributed by atoms with Crippen molar-refractivity contribution < 1.29 is 0 Å². The maximum Gasteiger partial charge on any atom is 0.101 e. The van der Waals surface area contributed by atoms with Crippen LogP contribution < -0.4 is 10.2 Å². The summed E-state index contributed by atoms with van der Waals surface area (Å²) in [5, 5.41) is 12.8. The molecule has 0 aliphatic rings. The van der Waals surface area contributed by atoms with Crippen molar-refractivity contribution in [2.75, 3.05) is 18.0 Å². The van der Waals surface area contributed by atoms with Crippen LogP contribution in [0, 0.1) is 17.2 Å². The van der Waals surface area contributed by atoms with Gasteiger partial charge in [0.05, 0.1) is 11.3 Å². The zero-order chi connectivity index (χ0) is 15.1. The molecule has 1 aromatic carbocycles. The highest BCUT2D eigenvalue weighted by molar-refractivity contribution is 5.60. The molecule has 0 radical (unpaired) electrons. The third-order valence-electron chi connectivity index (χ3n) is 3.20. The van der Waals surface area contributed by atoms with Crippen molar-refractivity contribution in [2.24, 2.45) is 5.92 Å². The lowest BCUT2D eigenvalue weighted by Crippen LogP contribution is -2.28. The molecule has 3 nitrogen and oxygen atoms in total. The Morgan fingerprint density at radius 3 is 2.45 bits per heavy atom. The lowest BCUT2D eigenvalue weighted by Gasteiger charge is -2.26. The molecular weight excluding hydrogens is 246 g/mol. The van der Waals surface area contributed by atoms with Crippen LogP contribution in [-0.2, 0) is 6.54 Å². The van der Waals surface area contributed by atoms with Gasteiger partial charge in [-0.25, -0.2) is 0 Å². The number of anilines is 1. The predicted octanol–water partition coefficient (Wildman–Crippen LogP) is 3.54. The van der Waals surface area contributed by atoms with E-state index in [4.69, 9.17) is 0 Å². The number of hydrogen-bond donors (Lipinski definition) is 1. The van der Waals surface area contributed by atoms with E-state index < -0.39 is 0 Å². The lowest BCUT2D eigenvalue weighted by atomic mass is 10.1. The Morgan fingerprint density at radius 2 is 1.95 bits per heavy atom. The van der Waals surface area contributed by atoms with E-state index in [0.717, 1.165) is 30.9 Å². The van der Waals surface area contributed by atoms with Crippen molar-refractivity contribution in [2.45, 2.75) is 47.2 Å². The van der Waals surface area contributed by atoms with Gasteiger partial charge in [0.2, 0.25) is 0 Å². The molecule has 1 aromatic rings. The predicted molar refractivity (Wildman–Crippen MR) is 85.9 cm³/mol. The van der Waals surface area contributed by atoms with Crippen molar-refractivity contribution in [3.8, 4) is 6.07 Å². The summed E-state index contributed by atoms with van der Waals surface area (Å²) in [7, 11) is 0. The highest BCUT2D eigenvalue weighted by Crippen LogP contribution is 2.22. The van der Waals surface area contributed by atoms with E-state index >= 15 is 0 Å². The van der Waals surface area contributed by atoms with Gasteiger partial charge in [-0.3, -0.25) is 0 Å². The van der Waals surface area contributed by atoms with E-state index in [1.807, 2.05) is 6.07 Å². The second-order valence-corrected chi connectivity index (χ2v) is 5.93. The lowest BCUT2D eigenvalue weighted by molar-refractivity contribution is 0.588. The minimum Gasteiger partial charge on any atom is -0.370 e. The van der Waals surface area contributed by atoms with Crippen LogP contribution in [0.1, 0.15) is 45.7 Å². The van der Waals surface area contributed by atoms with Gasteiger partial charge in [-0.05, 0) is 30.5 Å². The Balaban J connectivity index is 2.95. The standard InChI is InChI=1S/C17H27N3/c1-6-20(12-13(2)3)17-8-7-15(9-16(17)10-18)11-19-14(4)5/h7-9,13-14,19H,6,11-12H2,1-5H3. The summed E-state index contributed by atoms with van der Waals surface area (Å²) in [4.78, 5) is 2.28. The highest BCUT2D eigenvalue weighted by Gasteiger charge is 2.12. The average molecular weight is 273 g/mol. The van der Waals surface area contributed by atoms with Crippen molar-refractivity contribution in [3.63, 3.8) is 0 Å². The molecule has 0 saturated carbocycles. The van der Waals surface area contributed by atoms with Crippen molar-refractivity contribution >= 4 is 5.69 Å². The van der Waals surface area contributed by atoms with Crippen molar-refractivity contribution in [1.29, 1.82) is 5.26 Å². The zero-order valence-corrected chi connectivity index (χ0v) is 13.4. The van der Waals surface area contributed by atoms with E-state index in [2.05, 4.69) is 63.0 Å². The van der Waals surface area contributed by atoms with E-state index in [0.29, 0.717) is 12.0 Å². The molecule has 0 saturated heterocycles. The monoisotopic (exact) mass is 273 g/mol. The van der Waals surface area contributed by atoms with Gasteiger partial charge < -0.3 is 10.2 Å². The molecule has 0 unspecified atom stereocenters. The van der Waals surface area contributed by atoms with Crippen LogP contribution >= 0.6 is 0 Å². The summed E-state index contributed by atoms with van der Waals surface area (Å²) in [6, 6.07) is 9.01. The first kappa shape index (κ1) is 16.5. The number of rotatable bonds is 7. The van der Waals surface area contributed by atoms with Crippen LogP contribution in [-0.4, -0.2) is 19.1 Å². The van der Waals surface area contributed by atoms with Gasteiger partial charge >= 0.3 is 0 Å². The molecule has 0 aliphatic carbocycles. The van der Waals surface area contributed by atoms with E-state index in [1.165, 1.54) is 5.56 Å². The number of hydrogen-bond acceptors (Lipinski definition) is 3. The van der Waals surface area contributed by atoms with E-state index in [9.17, 15) is 5.26 Å². The SMILES string of the molecule is CCN(CC(C)C)c1ccc(CNC(C)C)cc1C#N. The average Bonchev–Trinajstić information content (AvgIpc) is 2.42. The van der Waals surface area contributed by atoms with Gasteiger partial charge in [-0.15, -0.1) is 0 Å². The molecular formula is C17H27N3. The number of nitrogens with zero attached hydrogens (tertiary/aromatic N) is 2. The summed E-state index contributed by atoms with van der Waals surface area (Å²) in [5.74, 6) is 0.587. The fraction of sp³-hybridized carbons (Fsp3) is 0.588. The summed E-state index contributed by atoms with van der Waals surface area (Å²) < 4.78 is 0. The van der Waals surface area contributed by atoms with Crippen molar-refractivity contribution in [3.05, 3.63) is 29.3 Å². The molecule has 20 heavy (non-hydrogen) atoms. The molecule has 1 rings (SSSR count). The fourth-order valence-corrected chi connectivity index (χ4v) is 2.22. The maximum absolute atomic E-state index is 9.40. The third kappa shape index (κ3) is 4.86. The van der Waals surface area contributed by atoms with Crippen LogP contribution in [0.5, 0.6) is 0 Å². The zero-order valence-electron chi connectivity index (χ0n) is 13.4. The summed E-state index contributed by atoms with van der Waals surface area (Å²) in [6.07, 6.45) is 0. The number of benzene rings is 1. The van der Waals surface area contributed by atoms with Crippen LogP contribution in [0.15, 0.2) is 18.2 Å². The topological polar surface area (TPSA) is 39.1 Å². The molecule has 0 aromatic heterocycles. The molecule has 1 N–H and O–H groups in total. The first-order valence-corrected chi connectivity index (χ1v) is 7.49. The molecule has 0 fully saturated rings. The molecule has 3 heteroatoms. The Kier molecular flexibility index (Phi) is 6.54. The van der Waals surface area contributed by atoms with Gasteiger partial charge in [0.15, 0.2) is 0 Å². The molecule has 0 aliphatic heterocycles. The minimum atomic E-state index is 0.452. The second-order valence-electron chi connectivity index (χ2n) is 5.93. The van der Waals surface area contributed by atoms with Crippen LogP contribution in [0.2, 0.25) is 0 Å². The Hall–Kier alpha value is -1.53. The Labute approximate surface area is 123 Å². The first-order valence-electron chi connectivity index (χ1n) is 7.49. The second kappa shape index (κ2) is 7.91. The van der Waals surface area contributed by atoms with Crippen LogP contribution in [0.3, 0.4) is 0 Å². The molecule has 110 valence electrons. The quantitative estimate of drug-likeness (QED) is 0.826. The van der Waals surface area contributed by atoms with Gasteiger partial charge in [-0.2, -0.15) is 5.26 Å². The van der Waals surface area contributed by atoms with Crippen LogP contribution in [0.4, 0.5) is 5.69 Å². The van der Waals surface area contributed by atoms with E-state index in [-0.39, 0.29) is 0 Å². The minimum absolute atomic E-state index is 0.452. The number of nitriles is 1. The van der Waals surface area contributed by atoms with E-state index in [1.54, 1.807) is 0 Å². The molecule has 0 heterocycles. The van der Waals surface area contributed by atoms with Crippen LogP contribution in [0.25, 0.3) is 0 Å². The fourth-order valence-electron chi connectivity index (χ4n) is 2.22. The van der Waals surface area contributed by atoms with Gasteiger partial charge in [0.25, 0.3) is 0 Å². The molecule has 0 spiro atoms. The Bertz CT molecular complexity index is 458. The number of nitrogens with one attached hydrogen (secondary N) is 1. The smallest absolute Gasteiger partial charge is 0.101 e. The normalized spacial score (nSPS) is 10.9. The van der Waals surface area contributed by atoms with Gasteiger partial charge in [0, 0.05) is 25.7 Å². The first-order chi connectivity index (χ1) is 9.47.